The lowest BCUT2D eigenvalue weighted by Crippen LogP contribution is -2.48. The Hall–Kier alpha value is -2.12. The number of hydrogen-bond acceptors (Lipinski definition) is 6. The quantitative estimate of drug-likeness (QED) is 0.899. The summed E-state index contributed by atoms with van der Waals surface area (Å²) in [5, 5.41) is 11.9. The van der Waals surface area contributed by atoms with Crippen molar-refractivity contribution in [2.75, 3.05) is 36.4 Å². The van der Waals surface area contributed by atoms with Gasteiger partial charge in [-0.25, -0.2) is 0 Å². The molecule has 1 aromatic heterocycles. The molecule has 0 bridgehead atoms. The minimum absolute atomic E-state index is 0.0891. The van der Waals surface area contributed by atoms with Crippen LogP contribution in [0.1, 0.15) is 6.92 Å². The SMILES string of the molecule is CC(=O)N1CCN(c2cnnc(Nc3c(Cl)cccc3Cl)n2)CC1. The topological polar surface area (TPSA) is 74.2 Å². The second-order valence-electron chi connectivity index (χ2n) is 5.35. The molecule has 0 aliphatic carbocycles. The Balaban J connectivity index is 1.74. The maximum absolute atomic E-state index is 11.4. The zero-order valence-corrected chi connectivity index (χ0v) is 14.5. The Bertz CT molecular complexity index is 728. The van der Waals surface area contributed by atoms with E-state index in [0.717, 1.165) is 0 Å². The van der Waals surface area contributed by atoms with Crippen molar-refractivity contribution in [1.29, 1.82) is 0 Å². The fourth-order valence-electron chi connectivity index (χ4n) is 2.48. The predicted molar refractivity (Wildman–Crippen MR) is 94.0 cm³/mol. The lowest BCUT2D eigenvalue weighted by Gasteiger charge is -2.34. The first-order valence-electron chi connectivity index (χ1n) is 7.46. The van der Waals surface area contributed by atoms with E-state index in [0.29, 0.717) is 53.7 Å². The molecule has 1 aromatic carbocycles. The van der Waals surface area contributed by atoms with Gasteiger partial charge >= 0.3 is 0 Å². The largest absolute Gasteiger partial charge is 0.352 e. The van der Waals surface area contributed by atoms with Gasteiger partial charge in [-0.1, -0.05) is 29.3 Å². The molecule has 126 valence electrons. The second-order valence-corrected chi connectivity index (χ2v) is 6.17. The first-order chi connectivity index (χ1) is 11.5. The van der Waals surface area contributed by atoms with Gasteiger partial charge in [-0.2, -0.15) is 10.1 Å². The van der Waals surface area contributed by atoms with Crippen molar-refractivity contribution in [3.05, 3.63) is 34.4 Å². The van der Waals surface area contributed by atoms with Crippen molar-refractivity contribution < 1.29 is 4.79 Å². The Labute approximate surface area is 149 Å². The molecule has 3 rings (SSSR count). The zero-order chi connectivity index (χ0) is 17.1. The third kappa shape index (κ3) is 3.68. The lowest BCUT2D eigenvalue weighted by atomic mass is 10.3. The van der Waals surface area contributed by atoms with Crippen molar-refractivity contribution >= 4 is 46.6 Å². The molecule has 7 nitrogen and oxygen atoms in total. The second kappa shape index (κ2) is 7.19. The van der Waals surface area contributed by atoms with E-state index in [1.807, 2.05) is 4.90 Å². The van der Waals surface area contributed by atoms with Crippen molar-refractivity contribution in [3.63, 3.8) is 0 Å². The highest BCUT2D eigenvalue weighted by Gasteiger charge is 2.20. The normalized spacial score (nSPS) is 14.6. The van der Waals surface area contributed by atoms with E-state index < -0.39 is 0 Å². The van der Waals surface area contributed by atoms with Crippen molar-refractivity contribution in [2.24, 2.45) is 0 Å². The van der Waals surface area contributed by atoms with Crippen LogP contribution in [0.25, 0.3) is 0 Å². The number of para-hydroxylation sites is 1. The van der Waals surface area contributed by atoms with Crippen LogP contribution in [-0.4, -0.2) is 52.2 Å². The third-order valence-electron chi connectivity index (χ3n) is 3.79. The van der Waals surface area contributed by atoms with Gasteiger partial charge in [-0.05, 0) is 12.1 Å². The number of carbonyl (C=O) groups is 1. The Morgan fingerprint density at radius 1 is 1.17 bits per heavy atom. The zero-order valence-electron chi connectivity index (χ0n) is 13.0. The molecule has 0 radical (unpaired) electrons. The van der Waals surface area contributed by atoms with Gasteiger partial charge in [0.1, 0.15) is 0 Å². The molecular formula is C15H16Cl2N6O. The molecule has 1 aliphatic rings. The summed E-state index contributed by atoms with van der Waals surface area (Å²) < 4.78 is 0. The first kappa shape index (κ1) is 16.7. The standard InChI is InChI=1S/C15H16Cl2N6O/c1-10(24)22-5-7-23(8-6-22)13-9-18-21-15(19-13)20-14-11(16)3-2-4-12(14)17/h2-4,9H,5-8H2,1H3,(H,19,20,21). The van der Waals surface area contributed by atoms with E-state index in [-0.39, 0.29) is 5.91 Å². The van der Waals surface area contributed by atoms with E-state index >= 15 is 0 Å². The minimum Gasteiger partial charge on any atom is -0.352 e. The molecule has 24 heavy (non-hydrogen) atoms. The summed E-state index contributed by atoms with van der Waals surface area (Å²) in [6.45, 7) is 4.31. The summed E-state index contributed by atoms with van der Waals surface area (Å²) in [6, 6.07) is 5.22. The Morgan fingerprint density at radius 2 is 1.83 bits per heavy atom. The number of aromatic nitrogens is 3. The molecule has 0 spiro atoms. The van der Waals surface area contributed by atoms with Crippen LogP contribution >= 0.6 is 23.2 Å². The van der Waals surface area contributed by atoms with Gasteiger partial charge in [0.05, 0.1) is 21.9 Å². The number of halogens is 2. The summed E-state index contributed by atoms with van der Waals surface area (Å²) in [6.07, 6.45) is 1.60. The predicted octanol–water partition coefficient (Wildman–Crippen LogP) is 2.59. The fraction of sp³-hybridized carbons (Fsp3) is 0.333. The van der Waals surface area contributed by atoms with Gasteiger partial charge in [0.2, 0.25) is 11.9 Å². The number of amides is 1. The molecule has 9 heteroatoms. The number of hydrogen-bond donors (Lipinski definition) is 1. The molecule has 1 fully saturated rings. The maximum atomic E-state index is 11.4. The third-order valence-corrected chi connectivity index (χ3v) is 4.42. The Morgan fingerprint density at radius 3 is 2.46 bits per heavy atom. The van der Waals surface area contributed by atoms with E-state index in [1.54, 1.807) is 31.3 Å². The van der Waals surface area contributed by atoms with E-state index in [9.17, 15) is 4.79 Å². The van der Waals surface area contributed by atoms with Crippen LogP contribution in [0.2, 0.25) is 10.0 Å². The number of anilines is 3. The molecule has 1 aliphatic heterocycles. The first-order valence-corrected chi connectivity index (χ1v) is 8.21. The van der Waals surface area contributed by atoms with Crippen LogP contribution in [0.3, 0.4) is 0 Å². The maximum Gasteiger partial charge on any atom is 0.249 e. The summed E-state index contributed by atoms with van der Waals surface area (Å²) >= 11 is 12.3. The summed E-state index contributed by atoms with van der Waals surface area (Å²) in [5.74, 6) is 1.10. The Kier molecular flexibility index (Phi) is 5.01. The van der Waals surface area contributed by atoms with Gasteiger partial charge in [0.25, 0.3) is 0 Å². The van der Waals surface area contributed by atoms with Crippen LogP contribution in [0.4, 0.5) is 17.5 Å². The van der Waals surface area contributed by atoms with E-state index in [4.69, 9.17) is 23.2 Å². The van der Waals surface area contributed by atoms with Crippen molar-refractivity contribution in [2.45, 2.75) is 6.92 Å². The average Bonchev–Trinajstić information content (AvgIpc) is 2.59. The number of nitrogens with one attached hydrogen (secondary N) is 1. The van der Waals surface area contributed by atoms with E-state index in [1.165, 1.54) is 0 Å². The molecular weight excluding hydrogens is 351 g/mol. The monoisotopic (exact) mass is 366 g/mol. The van der Waals surface area contributed by atoms with Gasteiger partial charge in [0.15, 0.2) is 5.82 Å². The van der Waals surface area contributed by atoms with Gasteiger partial charge in [0, 0.05) is 33.1 Å². The summed E-state index contributed by atoms with van der Waals surface area (Å²) in [5.41, 5.74) is 0.543. The molecule has 2 aromatic rings. The van der Waals surface area contributed by atoms with Gasteiger partial charge in [-0.15, -0.1) is 5.10 Å². The highest BCUT2D eigenvalue weighted by Crippen LogP contribution is 2.31. The van der Waals surface area contributed by atoms with E-state index in [2.05, 4.69) is 25.4 Å². The molecule has 0 atom stereocenters. The molecule has 1 N–H and O–H groups in total. The van der Waals surface area contributed by atoms with Gasteiger partial charge in [-0.3, -0.25) is 4.79 Å². The van der Waals surface area contributed by atoms with Crippen LogP contribution in [-0.2, 0) is 4.79 Å². The number of nitrogens with zero attached hydrogens (tertiary/aromatic N) is 5. The summed E-state index contributed by atoms with van der Waals surface area (Å²) in [7, 11) is 0. The number of piperazine rings is 1. The average molecular weight is 367 g/mol. The number of rotatable bonds is 3. The highest BCUT2D eigenvalue weighted by molar-refractivity contribution is 6.39. The molecule has 0 unspecified atom stereocenters. The molecule has 1 amide bonds. The fourth-order valence-corrected chi connectivity index (χ4v) is 2.97. The van der Waals surface area contributed by atoms with Crippen LogP contribution < -0.4 is 10.2 Å². The molecule has 2 heterocycles. The van der Waals surface area contributed by atoms with Crippen molar-refractivity contribution in [3.8, 4) is 0 Å². The van der Waals surface area contributed by atoms with Crippen molar-refractivity contribution in [1.82, 2.24) is 20.1 Å². The van der Waals surface area contributed by atoms with Crippen LogP contribution in [0.15, 0.2) is 24.4 Å². The smallest absolute Gasteiger partial charge is 0.249 e. The number of carbonyl (C=O) groups excluding carboxylic acids is 1. The minimum atomic E-state index is 0.0891. The molecule has 1 saturated heterocycles. The lowest BCUT2D eigenvalue weighted by molar-refractivity contribution is -0.129. The summed E-state index contributed by atoms with van der Waals surface area (Å²) in [4.78, 5) is 19.7. The number of benzene rings is 1. The highest BCUT2D eigenvalue weighted by atomic mass is 35.5. The van der Waals surface area contributed by atoms with Crippen LogP contribution in [0, 0.1) is 0 Å². The van der Waals surface area contributed by atoms with Gasteiger partial charge < -0.3 is 15.1 Å². The molecule has 0 saturated carbocycles. The van der Waals surface area contributed by atoms with Crippen LogP contribution in [0.5, 0.6) is 0 Å².